The van der Waals surface area contributed by atoms with Crippen LogP contribution in [0.1, 0.15) is 59.3 Å². The van der Waals surface area contributed by atoms with Crippen molar-refractivity contribution in [3.63, 3.8) is 0 Å². The number of rotatable bonds is 6. The SMILES string of the molecule is CCNCC1CCCCC1CCC(C)C. The maximum absolute atomic E-state index is 3.54. The van der Waals surface area contributed by atoms with Crippen molar-refractivity contribution in [3.05, 3.63) is 0 Å². The molecule has 0 radical (unpaired) electrons. The van der Waals surface area contributed by atoms with E-state index in [1.807, 2.05) is 0 Å². The molecule has 1 heteroatoms. The van der Waals surface area contributed by atoms with E-state index >= 15 is 0 Å². The lowest BCUT2D eigenvalue weighted by Crippen LogP contribution is -2.30. The Bertz CT molecular complexity index is 153. The predicted molar refractivity (Wildman–Crippen MR) is 68.1 cm³/mol. The van der Waals surface area contributed by atoms with Crippen LogP contribution in [0.4, 0.5) is 0 Å². The normalized spacial score (nSPS) is 27.2. The highest BCUT2D eigenvalue weighted by atomic mass is 14.8. The van der Waals surface area contributed by atoms with Gasteiger partial charge in [0, 0.05) is 0 Å². The summed E-state index contributed by atoms with van der Waals surface area (Å²) < 4.78 is 0. The van der Waals surface area contributed by atoms with Crippen LogP contribution >= 0.6 is 0 Å². The molecule has 0 saturated heterocycles. The second kappa shape index (κ2) is 7.27. The molecule has 0 aliphatic heterocycles. The van der Waals surface area contributed by atoms with Gasteiger partial charge in [-0.2, -0.15) is 0 Å². The highest BCUT2D eigenvalue weighted by Gasteiger charge is 2.24. The minimum atomic E-state index is 0.881. The van der Waals surface area contributed by atoms with E-state index in [2.05, 4.69) is 26.1 Å². The van der Waals surface area contributed by atoms with Crippen LogP contribution in [0.25, 0.3) is 0 Å². The molecule has 90 valence electrons. The summed E-state index contributed by atoms with van der Waals surface area (Å²) in [5.74, 6) is 2.87. The second-order valence-corrected chi connectivity index (χ2v) is 5.58. The fourth-order valence-electron chi connectivity index (χ4n) is 2.81. The van der Waals surface area contributed by atoms with Crippen molar-refractivity contribution in [2.24, 2.45) is 17.8 Å². The molecule has 1 N–H and O–H groups in total. The molecular weight excluding hydrogens is 182 g/mol. The zero-order chi connectivity index (χ0) is 11.1. The monoisotopic (exact) mass is 211 g/mol. The highest BCUT2D eigenvalue weighted by Crippen LogP contribution is 2.33. The van der Waals surface area contributed by atoms with Crippen LogP contribution in [0.15, 0.2) is 0 Å². The van der Waals surface area contributed by atoms with Crippen molar-refractivity contribution in [3.8, 4) is 0 Å². The minimum Gasteiger partial charge on any atom is -0.317 e. The third kappa shape index (κ3) is 5.01. The van der Waals surface area contributed by atoms with E-state index in [-0.39, 0.29) is 0 Å². The Kier molecular flexibility index (Phi) is 6.31. The molecule has 1 aliphatic rings. The molecule has 0 amide bonds. The number of hydrogen-bond donors (Lipinski definition) is 1. The maximum Gasteiger partial charge on any atom is -0.00180 e. The van der Waals surface area contributed by atoms with Gasteiger partial charge in [0.1, 0.15) is 0 Å². The van der Waals surface area contributed by atoms with E-state index in [9.17, 15) is 0 Å². The molecule has 1 saturated carbocycles. The Labute approximate surface area is 96.0 Å². The van der Waals surface area contributed by atoms with Gasteiger partial charge in [-0.15, -0.1) is 0 Å². The molecule has 0 heterocycles. The van der Waals surface area contributed by atoms with E-state index < -0.39 is 0 Å². The zero-order valence-electron chi connectivity index (χ0n) is 10.9. The van der Waals surface area contributed by atoms with Gasteiger partial charge in [-0.05, 0) is 43.7 Å². The standard InChI is InChI=1S/C14H29N/c1-4-15-11-14-8-6-5-7-13(14)10-9-12(2)3/h12-15H,4-11H2,1-3H3. The van der Waals surface area contributed by atoms with E-state index in [1.165, 1.54) is 45.1 Å². The van der Waals surface area contributed by atoms with Crippen LogP contribution in [0, 0.1) is 17.8 Å². The van der Waals surface area contributed by atoms with Gasteiger partial charge in [0.05, 0.1) is 0 Å². The third-order valence-electron chi connectivity index (χ3n) is 3.84. The first-order chi connectivity index (χ1) is 7.24. The van der Waals surface area contributed by atoms with Gasteiger partial charge in [0.15, 0.2) is 0 Å². The second-order valence-electron chi connectivity index (χ2n) is 5.58. The smallest absolute Gasteiger partial charge is 0.00180 e. The van der Waals surface area contributed by atoms with Crippen molar-refractivity contribution >= 4 is 0 Å². The fourth-order valence-corrected chi connectivity index (χ4v) is 2.81. The fraction of sp³-hybridized carbons (Fsp3) is 1.00. The van der Waals surface area contributed by atoms with Crippen LogP contribution in [-0.4, -0.2) is 13.1 Å². The van der Waals surface area contributed by atoms with Crippen molar-refractivity contribution < 1.29 is 0 Å². The Morgan fingerprint density at radius 2 is 1.80 bits per heavy atom. The van der Waals surface area contributed by atoms with Gasteiger partial charge in [-0.25, -0.2) is 0 Å². The first-order valence-electron chi connectivity index (χ1n) is 6.94. The molecule has 15 heavy (non-hydrogen) atoms. The van der Waals surface area contributed by atoms with Crippen molar-refractivity contribution in [2.75, 3.05) is 13.1 Å². The van der Waals surface area contributed by atoms with Crippen molar-refractivity contribution in [1.82, 2.24) is 5.32 Å². The summed E-state index contributed by atoms with van der Waals surface area (Å²) in [4.78, 5) is 0. The molecule has 0 aromatic heterocycles. The molecule has 1 aliphatic carbocycles. The summed E-state index contributed by atoms with van der Waals surface area (Å²) in [5.41, 5.74) is 0. The summed E-state index contributed by atoms with van der Waals surface area (Å²) >= 11 is 0. The summed E-state index contributed by atoms with van der Waals surface area (Å²) in [7, 11) is 0. The van der Waals surface area contributed by atoms with Crippen LogP contribution in [0.2, 0.25) is 0 Å². The average Bonchev–Trinajstić information content (AvgIpc) is 2.24. The van der Waals surface area contributed by atoms with Gasteiger partial charge in [-0.1, -0.05) is 46.5 Å². The predicted octanol–water partition coefficient (Wildman–Crippen LogP) is 3.84. The van der Waals surface area contributed by atoms with Gasteiger partial charge in [0.25, 0.3) is 0 Å². The summed E-state index contributed by atoms with van der Waals surface area (Å²) in [5, 5.41) is 3.54. The quantitative estimate of drug-likeness (QED) is 0.704. The average molecular weight is 211 g/mol. The Morgan fingerprint density at radius 3 is 2.40 bits per heavy atom. The van der Waals surface area contributed by atoms with Gasteiger partial charge in [0.2, 0.25) is 0 Å². The van der Waals surface area contributed by atoms with Crippen LogP contribution in [0.3, 0.4) is 0 Å². The lowest BCUT2D eigenvalue weighted by molar-refractivity contribution is 0.209. The largest absolute Gasteiger partial charge is 0.317 e. The van der Waals surface area contributed by atoms with Crippen LogP contribution < -0.4 is 5.32 Å². The van der Waals surface area contributed by atoms with E-state index in [4.69, 9.17) is 0 Å². The first kappa shape index (κ1) is 13.0. The lowest BCUT2D eigenvalue weighted by atomic mass is 9.76. The van der Waals surface area contributed by atoms with E-state index in [0.717, 1.165) is 24.3 Å². The van der Waals surface area contributed by atoms with Crippen LogP contribution in [-0.2, 0) is 0 Å². The van der Waals surface area contributed by atoms with Gasteiger partial charge >= 0.3 is 0 Å². The third-order valence-corrected chi connectivity index (χ3v) is 3.84. The van der Waals surface area contributed by atoms with Crippen molar-refractivity contribution in [2.45, 2.75) is 59.3 Å². The molecule has 2 atom stereocenters. The molecule has 1 fully saturated rings. The molecule has 0 aromatic rings. The lowest BCUT2D eigenvalue weighted by Gasteiger charge is -2.32. The summed E-state index contributed by atoms with van der Waals surface area (Å²) in [6.45, 7) is 9.31. The summed E-state index contributed by atoms with van der Waals surface area (Å²) in [6.07, 6.45) is 8.79. The zero-order valence-corrected chi connectivity index (χ0v) is 10.9. The molecule has 1 rings (SSSR count). The molecule has 1 nitrogen and oxygen atoms in total. The van der Waals surface area contributed by atoms with Gasteiger partial charge in [-0.3, -0.25) is 0 Å². The topological polar surface area (TPSA) is 12.0 Å². The molecular formula is C14H29N. The molecule has 0 aromatic carbocycles. The molecule has 2 unspecified atom stereocenters. The Hall–Kier alpha value is -0.0400. The maximum atomic E-state index is 3.54. The number of nitrogens with one attached hydrogen (secondary N) is 1. The Morgan fingerprint density at radius 1 is 1.13 bits per heavy atom. The first-order valence-corrected chi connectivity index (χ1v) is 6.94. The van der Waals surface area contributed by atoms with E-state index in [1.54, 1.807) is 0 Å². The highest BCUT2D eigenvalue weighted by molar-refractivity contribution is 4.77. The molecule has 0 spiro atoms. The molecule has 0 bridgehead atoms. The van der Waals surface area contributed by atoms with E-state index in [0.29, 0.717) is 0 Å². The van der Waals surface area contributed by atoms with Crippen LogP contribution in [0.5, 0.6) is 0 Å². The Balaban J connectivity index is 2.29. The van der Waals surface area contributed by atoms with Crippen molar-refractivity contribution in [1.29, 1.82) is 0 Å². The number of hydrogen-bond acceptors (Lipinski definition) is 1. The summed E-state index contributed by atoms with van der Waals surface area (Å²) in [6, 6.07) is 0. The minimum absolute atomic E-state index is 0.881. The van der Waals surface area contributed by atoms with Gasteiger partial charge < -0.3 is 5.32 Å².